The minimum absolute atomic E-state index is 0.0363. The molecule has 0 aliphatic heterocycles. The fourth-order valence-electron chi connectivity index (χ4n) is 2.37. The van der Waals surface area contributed by atoms with E-state index in [4.69, 9.17) is 9.47 Å². The highest BCUT2D eigenvalue weighted by molar-refractivity contribution is 5.84. The van der Waals surface area contributed by atoms with Gasteiger partial charge in [0.25, 0.3) is 0 Å². The van der Waals surface area contributed by atoms with Crippen LogP contribution in [0.3, 0.4) is 0 Å². The zero-order valence-electron chi connectivity index (χ0n) is 11.4. The Kier molecular flexibility index (Phi) is 7.43. The summed E-state index contributed by atoms with van der Waals surface area (Å²) in [5.74, 6) is -1.31. The number of amides is 1. The molecule has 0 aromatic carbocycles. The van der Waals surface area contributed by atoms with Crippen LogP contribution in [0.4, 0.5) is 0 Å². The van der Waals surface area contributed by atoms with Gasteiger partial charge in [-0.2, -0.15) is 0 Å². The number of carbonyl (C=O) groups is 2. The van der Waals surface area contributed by atoms with Crippen molar-refractivity contribution in [1.29, 1.82) is 0 Å². The van der Waals surface area contributed by atoms with E-state index < -0.39 is 12.0 Å². The van der Waals surface area contributed by atoms with Crippen molar-refractivity contribution < 1.29 is 24.2 Å². The lowest BCUT2D eigenvalue weighted by Crippen LogP contribution is -2.47. The van der Waals surface area contributed by atoms with E-state index in [1.54, 1.807) is 7.11 Å². The summed E-state index contributed by atoms with van der Waals surface area (Å²) in [5.41, 5.74) is 0. The zero-order valence-corrected chi connectivity index (χ0v) is 11.4. The molecule has 110 valence electrons. The van der Waals surface area contributed by atoms with E-state index in [2.05, 4.69) is 5.32 Å². The molecule has 1 rings (SSSR count). The molecule has 1 atom stereocenters. The molecule has 6 nitrogen and oxygen atoms in total. The summed E-state index contributed by atoms with van der Waals surface area (Å²) >= 11 is 0. The van der Waals surface area contributed by atoms with Crippen molar-refractivity contribution in [3.8, 4) is 0 Å². The molecular weight excluding hydrogens is 250 g/mol. The van der Waals surface area contributed by atoms with Gasteiger partial charge in [0.1, 0.15) is 12.6 Å². The Balaban J connectivity index is 2.35. The fourth-order valence-corrected chi connectivity index (χ4v) is 2.37. The van der Waals surface area contributed by atoms with Gasteiger partial charge < -0.3 is 19.9 Å². The van der Waals surface area contributed by atoms with Crippen molar-refractivity contribution in [3.63, 3.8) is 0 Å². The molecule has 0 aromatic heterocycles. The quantitative estimate of drug-likeness (QED) is 0.639. The highest BCUT2D eigenvalue weighted by Gasteiger charge is 2.30. The molecule has 0 aromatic rings. The molecule has 0 saturated heterocycles. The number of hydrogen-bond donors (Lipinski definition) is 2. The third-order valence-electron chi connectivity index (χ3n) is 3.37. The van der Waals surface area contributed by atoms with Gasteiger partial charge >= 0.3 is 5.97 Å². The number of nitrogens with one attached hydrogen (secondary N) is 1. The first-order valence-corrected chi connectivity index (χ1v) is 6.74. The molecule has 0 heterocycles. The van der Waals surface area contributed by atoms with E-state index in [1.807, 2.05) is 0 Å². The summed E-state index contributed by atoms with van der Waals surface area (Å²) in [5, 5.41) is 11.8. The summed E-state index contributed by atoms with van der Waals surface area (Å²) in [4.78, 5) is 22.9. The van der Waals surface area contributed by atoms with E-state index in [9.17, 15) is 14.7 Å². The van der Waals surface area contributed by atoms with Crippen LogP contribution in [-0.2, 0) is 19.1 Å². The average molecular weight is 273 g/mol. The van der Waals surface area contributed by atoms with E-state index >= 15 is 0 Å². The van der Waals surface area contributed by atoms with E-state index in [0.717, 1.165) is 32.1 Å². The van der Waals surface area contributed by atoms with Crippen LogP contribution < -0.4 is 5.32 Å². The molecule has 0 radical (unpaired) electrons. The molecule has 6 heteroatoms. The third-order valence-corrected chi connectivity index (χ3v) is 3.37. The van der Waals surface area contributed by atoms with Crippen molar-refractivity contribution in [1.82, 2.24) is 5.32 Å². The van der Waals surface area contributed by atoms with Crippen molar-refractivity contribution in [3.05, 3.63) is 0 Å². The van der Waals surface area contributed by atoms with Crippen LogP contribution in [0.5, 0.6) is 0 Å². The van der Waals surface area contributed by atoms with Crippen LogP contribution in [0.2, 0.25) is 0 Å². The Morgan fingerprint density at radius 3 is 2.53 bits per heavy atom. The number of rotatable bonds is 8. The number of carboxylic acid groups (broad SMARTS) is 1. The van der Waals surface area contributed by atoms with Gasteiger partial charge in [-0.05, 0) is 18.8 Å². The standard InChI is InChI=1S/C13H23NO5/c1-18-7-8-19-9-11(15)14-12(13(16)17)10-5-3-2-4-6-10/h10,12H,2-9H2,1H3,(H,14,15)(H,16,17)/t12-/m1/s1. The number of methoxy groups -OCH3 is 1. The first-order valence-electron chi connectivity index (χ1n) is 6.74. The minimum Gasteiger partial charge on any atom is -0.480 e. The molecular formula is C13H23NO5. The second-order valence-corrected chi connectivity index (χ2v) is 4.83. The fraction of sp³-hybridized carbons (Fsp3) is 0.846. The van der Waals surface area contributed by atoms with Gasteiger partial charge in [0, 0.05) is 7.11 Å². The van der Waals surface area contributed by atoms with Crippen molar-refractivity contribution in [2.75, 3.05) is 26.9 Å². The summed E-state index contributed by atoms with van der Waals surface area (Å²) in [6, 6.07) is -0.793. The highest BCUT2D eigenvalue weighted by atomic mass is 16.5. The number of aliphatic carboxylic acids is 1. The second-order valence-electron chi connectivity index (χ2n) is 4.83. The lowest BCUT2D eigenvalue weighted by molar-refractivity contribution is -0.144. The maximum atomic E-state index is 11.6. The first-order chi connectivity index (χ1) is 9.15. The van der Waals surface area contributed by atoms with E-state index in [0.29, 0.717) is 13.2 Å². The van der Waals surface area contributed by atoms with Crippen LogP contribution in [0.15, 0.2) is 0 Å². The average Bonchev–Trinajstić information content (AvgIpc) is 2.41. The normalized spacial score (nSPS) is 17.9. The number of carboxylic acids is 1. The predicted molar refractivity (Wildman–Crippen MR) is 68.8 cm³/mol. The topological polar surface area (TPSA) is 84.9 Å². The molecule has 1 amide bonds. The lowest BCUT2D eigenvalue weighted by Gasteiger charge is -2.27. The first kappa shape index (κ1) is 15.9. The van der Waals surface area contributed by atoms with Crippen molar-refractivity contribution in [2.45, 2.75) is 38.1 Å². The Morgan fingerprint density at radius 2 is 1.95 bits per heavy atom. The lowest BCUT2D eigenvalue weighted by atomic mass is 9.84. The van der Waals surface area contributed by atoms with Gasteiger partial charge in [-0.15, -0.1) is 0 Å². The van der Waals surface area contributed by atoms with Crippen LogP contribution in [0, 0.1) is 5.92 Å². The Hall–Kier alpha value is -1.14. The second kappa shape index (κ2) is 8.87. The molecule has 0 bridgehead atoms. The maximum Gasteiger partial charge on any atom is 0.326 e. The zero-order chi connectivity index (χ0) is 14.1. The molecule has 2 N–H and O–H groups in total. The number of carbonyl (C=O) groups excluding carboxylic acids is 1. The summed E-state index contributed by atoms with van der Waals surface area (Å²) in [6.45, 7) is 0.614. The predicted octanol–water partition coefficient (Wildman–Crippen LogP) is 0.799. The Bertz CT molecular complexity index is 289. The van der Waals surface area contributed by atoms with E-state index in [1.165, 1.54) is 0 Å². The Labute approximate surface area is 113 Å². The smallest absolute Gasteiger partial charge is 0.326 e. The molecule has 19 heavy (non-hydrogen) atoms. The van der Waals surface area contributed by atoms with Gasteiger partial charge in [-0.3, -0.25) is 4.79 Å². The Morgan fingerprint density at radius 1 is 1.26 bits per heavy atom. The van der Waals surface area contributed by atoms with Gasteiger partial charge in [0.15, 0.2) is 0 Å². The van der Waals surface area contributed by atoms with Gasteiger partial charge in [0.2, 0.25) is 5.91 Å². The molecule has 1 fully saturated rings. The van der Waals surface area contributed by atoms with Gasteiger partial charge in [-0.1, -0.05) is 19.3 Å². The maximum absolute atomic E-state index is 11.6. The highest BCUT2D eigenvalue weighted by Crippen LogP contribution is 2.26. The van der Waals surface area contributed by atoms with E-state index in [-0.39, 0.29) is 18.4 Å². The van der Waals surface area contributed by atoms with Crippen molar-refractivity contribution in [2.24, 2.45) is 5.92 Å². The third kappa shape index (κ3) is 6.02. The van der Waals surface area contributed by atoms with Crippen LogP contribution in [-0.4, -0.2) is 50.0 Å². The molecule has 1 aliphatic rings. The SMILES string of the molecule is COCCOCC(=O)N[C@@H](C(=O)O)C1CCCCC1. The molecule has 0 spiro atoms. The van der Waals surface area contributed by atoms with Gasteiger partial charge in [0.05, 0.1) is 13.2 Å². The van der Waals surface area contributed by atoms with Crippen LogP contribution >= 0.6 is 0 Å². The molecule has 1 saturated carbocycles. The molecule has 0 unspecified atom stereocenters. The monoisotopic (exact) mass is 273 g/mol. The van der Waals surface area contributed by atoms with Crippen LogP contribution in [0.1, 0.15) is 32.1 Å². The number of ether oxygens (including phenoxy) is 2. The number of hydrogen-bond acceptors (Lipinski definition) is 4. The van der Waals surface area contributed by atoms with Gasteiger partial charge in [-0.25, -0.2) is 4.79 Å². The minimum atomic E-state index is -0.961. The summed E-state index contributed by atoms with van der Waals surface area (Å²) < 4.78 is 9.86. The van der Waals surface area contributed by atoms with Crippen LogP contribution in [0.25, 0.3) is 0 Å². The summed E-state index contributed by atoms with van der Waals surface area (Å²) in [6.07, 6.45) is 4.95. The molecule has 1 aliphatic carbocycles. The summed E-state index contributed by atoms with van der Waals surface area (Å²) in [7, 11) is 1.55. The van der Waals surface area contributed by atoms with Crippen molar-refractivity contribution >= 4 is 11.9 Å². The largest absolute Gasteiger partial charge is 0.480 e.